The van der Waals surface area contributed by atoms with Crippen molar-refractivity contribution in [3.05, 3.63) is 35.9 Å². The highest BCUT2D eigenvalue weighted by Gasteiger charge is 2.30. The second kappa shape index (κ2) is 6.62. The normalized spacial score (nSPS) is 17.2. The van der Waals surface area contributed by atoms with E-state index in [9.17, 15) is 4.79 Å². The number of nitrogens with zero attached hydrogens (tertiary/aromatic N) is 1. The van der Waals surface area contributed by atoms with Gasteiger partial charge in [0.15, 0.2) is 0 Å². The number of carbonyl (C=O) groups excluding carboxylic acids is 1. The molecule has 1 aromatic rings. The number of hydrogen-bond donors (Lipinski definition) is 0. The van der Waals surface area contributed by atoms with Gasteiger partial charge in [-0.05, 0) is 31.5 Å². The van der Waals surface area contributed by atoms with Gasteiger partial charge in [-0.1, -0.05) is 30.3 Å². The molecule has 1 saturated heterocycles. The van der Waals surface area contributed by atoms with E-state index in [2.05, 4.69) is 4.90 Å². The Bertz CT molecular complexity index is 350. The fourth-order valence-electron chi connectivity index (χ4n) is 2.24. The number of methoxy groups -OCH3 is 1. The van der Waals surface area contributed by atoms with E-state index < -0.39 is 0 Å². The second-order valence-corrected chi connectivity index (χ2v) is 4.08. The van der Waals surface area contributed by atoms with Crippen molar-refractivity contribution in [2.45, 2.75) is 18.9 Å². The third-order valence-electron chi connectivity index (χ3n) is 3.05. The van der Waals surface area contributed by atoms with E-state index in [0.717, 1.165) is 18.7 Å². The number of rotatable bonds is 3. The van der Waals surface area contributed by atoms with E-state index >= 15 is 0 Å². The van der Waals surface area contributed by atoms with E-state index in [1.807, 2.05) is 30.3 Å². The Kier molecular flexibility index (Phi) is 5.45. The van der Waals surface area contributed by atoms with Crippen molar-refractivity contribution in [1.29, 1.82) is 0 Å². The minimum atomic E-state index is -0.228. The molecular weight excluding hydrogens is 238 g/mol. The summed E-state index contributed by atoms with van der Waals surface area (Å²) in [5.74, 6) is -0.159. The monoisotopic (exact) mass is 255 g/mol. The van der Waals surface area contributed by atoms with E-state index in [-0.39, 0.29) is 24.4 Å². The van der Waals surface area contributed by atoms with Crippen molar-refractivity contribution in [3.63, 3.8) is 0 Å². The lowest BCUT2D eigenvalue weighted by molar-refractivity contribution is -0.146. The SMILES string of the molecule is COC(=O)C(c1ccccc1)N1CCCC1.Cl. The van der Waals surface area contributed by atoms with Crippen LogP contribution in [0.2, 0.25) is 0 Å². The van der Waals surface area contributed by atoms with Gasteiger partial charge in [0, 0.05) is 0 Å². The van der Waals surface area contributed by atoms with Gasteiger partial charge in [-0.15, -0.1) is 12.4 Å². The molecule has 1 fully saturated rings. The van der Waals surface area contributed by atoms with Gasteiger partial charge in [-0.25, -0.2) is 4.79 Å². The first-order valence-corrected chi connectivity index (χ1v) is 5.70. The smallest absolute Gasteiger partial charge is 0.327 e. The van der Waals surface area contributed by atoms with Gasteiger partial charge in [-0.3, -0.25) is 4.90 Å². The highest BCUT2D eigenvalue weighted by atomic mass is 35.5. The molecular formula is C13H18ClNO2. The second-order valence-electron chi connectivity index (χ2n) is 4.08. The van der Waals surface area contributed by atoms with Gasteiger partial charge in [-0.2, -0.15) is 0 Å². The fourth-order valence-corrected chi connectivity index (χ4v) is 2.24. The predicted molar refractivity (Wildman–Crippen MR) is 69.3 cm³/mol. The molecule has 1 atom stereocenters. The van der Waals surface area contributed by atoms with Crippen LogP contribution in [0.25, 0.3) is 0 Å². The van der Waals surface area contributed by atoms with E-state index in [1.165, 1.54) is 20.0 Å². The molecule has 3 nitrogen and oxygen atoms in total. The number of benzene rings is 1. The largest absolute Gasteiger partial charge is 0.468 e. The third-order valence-corrected chi connectivity index (χ3v) is 3.05. The van der Waals surface area contributed by atoms with Crippen LogP contribution in [0.4, 0.5) is 0 Å². The summed E-state index contributed by atoms with van der Waals surface area (Å²) in [7, 11) is 1.45. The van der Waals surface area contributed by atoms with Gasteiger partial charge in [0.2, 0.25) is 0 Å². The summed E-state index contributed by atoms with van der Waals surface area (Å²) in [6.45, 7) is 1.96. The first kappa shape index (κ1) is 14.0. The van der Waals surface area contributed by atoms with Crippen LogP contribution in [0.15, 0.2) is 30.3 Å². The minimum Gasteiger partial charge on any atom is -0.468 e. The molecule has 2 rings (SSSR count). The molecule has 94 valence electrons. The quantitative estimate of drug-likeness (QED) is 0.777. The fraction of sp³-hybridized carbons (Fsp3) is 0.462. The predicted octanol–water partition coefficient (Wildman–Crippen LogP) is 2.42. The van der Waals surface area contributed by atoms with Crippen molar-refractivity contribution in [2.24, 2.45) is 0 Å². The highest BCUT2D eigenvalue weighted by molar-refractivity contribution is 5.85. The summed E-state index contributed by atoms with van der Waals surface area (Å²) in [5.41, 5.74) is 1.02. The summed E-state index contributed by atoms with van der Waals surface area (Å²) in [6, 6.07) is 9.62. The zero-order valence-electron chi connectivity index (χ0n) is 9.96. The molecule has 0 N–H and O–H groups in total. The summed E-state index contributed by atoms with van der Waals surface area (Å²) >= 11 is 0. The van der Waals surface area contributed by atoms with Crippen LogP contribution in [0.1, 0.15) is 24.4 Å². The number of likely N-dealkylation sites (tertiary alicyclic amines) is 1. The Morgan fingerprint density at radius 1 is 1.24 bits per heavy atom. The molecule has 0 spiro atoms. The van der Waals surface area contributed by atoms with Gasteiger partial charge >= 0.3 is 5.97 Å². The lowest BCUT2D eigenvalue weighted by Crippen LogP contribution is -2.32. The van der Waals surface area contributed by atoms with Crippen LogP contribution in [0.5, 0.6) is 0 Å². The molecule has 0 radical (unpaired) electrons. The number of halogens is 1. The van der Waals surface area contributed by atoms with Crippen molar-refractivity contribution in [3.8, 4) is 0 Å². The van der Waals surface area contributed by atoms with Crippen molar-refractivity contribution in [1.82, 2.24) is 4.90 Å². The van der Waals surface area contributed by atoms with Crippen LogP contribution >= 0.6 is 12.4 Å². The molecule has 0 aromatic heterocycles. The van der Waals surface area contributed by atoms with Gasteiger partial charge in [0.1, 0.15) is 6.04 Å². The maximum atomic E-state index is 11.8. The van der Waals surface area contributed by atoms with E-state index in [0.29, 0.717) is 0 Å². The molecule has 1 aliphatic heterocycles. The Hall–Kier alpha value is -1.06. The average molecular weight is 256 g/mol. The molecule has 4 heteroatoms. The molecule has 0 saturated carbocycles. The van der Waals surface area contributed by atoms with E-state index in [4.69, 9.17) is 4.74 Å². The molecule has 0 amide bonds. The maximum Gasteiger partial charge on any atom is 0.327 e. The third kappa shape index (κ3) is 3.20. The number of carbonyl (C=O) groups is 1. The first-order chi connectivity index (χ1) is 7.83. The van der Waals surface area contributed by atoms with E-state index in [1.54, 1.807) is 0 Å². The lowest BCUT2D eigenvalue weighted by atomic mass is 10.1. The van der Waals surface area contributed by atoms with Crippen LogP contribution in [-0.2, 0) is 9.53 Å². The lowest BCUT2D eigenvalue weighted by Gasteiger charge is -2.25. The van der Waals surface area contributed by atoms with Crippen molar-refractivity contribution in [2.75, 3.05) is 20.2 Å². The zero-order chi connectivity index (χ0) is 11.4. The number of esters is 1. The molecule has 17 heavy (non-hydrogen) atoms. The molecule has 0 bridgehead atoms. The summed E-state index contributed by atoms with van der Waals surface area (Å²) in [4.78, 5) is 14.0. The standard InChI is InChI=1S/C13H17NO2.ClH/c1-16-13(15)12(14-9-5-6-10-14)11-7-3-2-4-8-11;/h2-4,7-8,12H,5-6,9-10H2,1H3;1H. The first-order valence-electron chi connectivity index (χ1n) is 5.70. The Labute approximate surface area is 108 Å². The Balaban J connectivity index is 0.00000144. The topological polar surface area (TPSA) is 29.5 Å². The summed E-state index contributed by atoms with van der Waals surface area (Å²) in [6.07, 6.45) is 2.33. The molecule has 0 aliphatic carbocycles. The number of hydrogen-bond acceptors (Lipinski definition) is 3. The van der Waals surface area contributed by atoms with Crippen LogP contribution in [0.3, 0.4) is 0 Å². The zero-order valence-corrected chi connectivity index (χ0v) is 10.8. The number of ether oxygens (including phenoxy) is 1. The highest BCUT2D eigenvalue weighted by Crippen LogP contribution is 2.25. The average Bonchev–Trinajstić information content (AvgIpc) is 2.84. The minimum absolute atomic E-state index is 0. The Morgan fingerprint density at radius 3 is 2.35 bits per heavy atom. The molecule has 1 unspecified atom stereocenters. The summed E-state index contributed by atoms with van der Waals surface area (Å²) in [5, 5.41) is 0. The van der Waals surface area contributed by atoms with Crippen LogP contribution < -0.4 is 0 Å². The summed E-state index contributed by atoms with van der Waals surface area (Å²) < 4.78 is 4.90. The van der Waals surface area contributed by atoms with Gasteiger partial charge in [0.25, 0.3) is 0 Å². The Morgan fingerprint density at radius 2 is 1.82 bits per heavy atom. The van der Waals surface area contributed by atoms with Crippen LogP contribution in [-0.4, -0.2) is 31.1 Å². The molecule has 1 aliphatic rings. The molecule has 1 heterocycles. The maximum absolute atomic E-state index is 11.8. The molecule has 1 aromatic carbocycles. The van der Waals surface area contributed by atoms with Gasteiger partial charge in [0.05, 0.1) is 7.11 Å². The van der Waals surface area contributed by atoms with Crippen LogP contribution in [0, 0.1) is 0 Å². The van der Waals surface area contributed by atoms with Crippen molar-refractivity contribution < 1.29 is 9.53 Å². The van der Waals surface area contributed by atoms with Gasteiger partial charge < -0.3 is 4.74 Å². The van der Waals surface area contributed by atoms with Crippen molar-refractivity contribution >= 4 is 18.4 Å².